The number of amides is 2. The van der Waals surface area contributed by atoms with Gasteiger partial charge in [0, 0.05) is 0 Å². The molecule has 4 rings (SSSR count). The van der Waals surface area contributed by atoms with Crippen LogP contribution in [0.25, 0.3) is 0 Å². The first-order chi connectivity index (χ1) is 16.7. The van der Waals surface area contributed by atoms with E-state index in [1.54, 1.807) is 30.3 Å². The Morgan fingerprint density at radius 2 is 1.66 bits per heavy atom. The monoisotopic (exact) mass is 496 g/mol. The molecular formula is C26H28N2O6S. The predicted octanol–water partition coefficient (Wildman–Crippen LogP) is 4.02. The molecule has 0 unspecified atom stereocenters. The summed E-state index contributed by atoms with van der Waals surface area (Å²) in [6.07, 6.45) is 1.58. The Morgan fingerprint density at radius 3 is 2.34 bits per heavy atom. The lowest BCUT2D eigenvalue weighted by Gasteiger charge is -2.27. The molecule has 1 aliphatic rings. The average Bonchev–Trinajstić information content (AvgIpc) is 3.54. The van der Waals surface area contributed by atoms with Gasteiger partial charge in [-0.25, -0.2) is 8.42 Å². The van der Waals surface area contributed by atoms with Gasteiger partial charge in [0.05, 0.1) is 4.90 Å². The number of rotatable bonds is 7. The number of ether oxygens (including phenoxy) is 1. The lowest BCUT2D eigenvalue weighted by atomic mass is 10.1. The van der Waals surface area contributed by atoms with Gasteiger partial charge in [0.2, 0.25) is 0 Å². The summed E-state index contributed by atoms with van der Waals surface area (Å²) >= 11 is 0. The summed E-state index contributed by atoms with van der Waals surface area (Å²) < 4.78 is 36.6. The molecule has 0 aliphatic heterocycles. The van der Waals surface area contributed by atoms with Crippen molar-refractivity contribution >= 4 is 21.7 Å². The number of para-hydroxylation sites is 1. The van der Waals surface area contributed by atoms with Gasteiger partial charge < -0.3 is 9.15 Å². The fourth-order valence-corrected chi connectivity index (χ4v) is 6.36. The van der Waals surface area contributed by atoms with Gasteiger partial charge in [0.1, 0.15) is 18.1 Å². The van der Waals surface area contributed by atoms with Gasteiger partial charge >= 0.3 is 5.91 Å². The maximum atomic E-state index is 13.6. The van der Waals surface area contributed by atoms with Crippen LogP contribution in [0.2, 0.25) is 0 Å². The van der Waals surface area contributed by atoms with E-state index in [0.29, 0.717) is 24.4 Å². The maximum Gasteiger partial charge on any atom is 0.305 e. The van der Waals surface area contributed by atoms with Crippen molar-refractivity contribution in [3.63, 3.8) is 0 Å². The summed E-state index contributed by atoms with van der Waals surface area (Å²) in [5.74, 6) is -0.389. The fourth-order valence-electron chi connectivity index (χ4n) is 4.21. The van der Waals surface area contributed by atoms with E-state index in [4.69, 9.17) is 9.15 Å². The van der Waals surface area contributed by atoms with Crippen molar-refractivity contribution in [3.8, 4) is 5.75 Å². The molecule has 0 saturated heterocycles. The highest BCUT2D eigenvalue weighted by molar-refractivity contribution is 7.93. The van der Waals surface area contributed by atoms with Gasteiger partial charge in [0.25, 0.3) is 5.91 Å². The third kappa shape index (κ3) is 4.95. The highest BCUT2D eigenvalue weighted by Crippen LogP contribution is 2.41. The molecule has 184 valence electrons. The summed E-state index contributed by atoms with van der Waals surface area (Å²) in [6, 6.07) is 17.1. The van der Waals surface area contributed by atoms with E-state index in [1.807, 2.05) is 32.0 Å². The number of aryl methyl sites for hydroxylation is 2. The van der Waals surface area contributed by atoms with Crippen molar-refractivity contribution in [2.45, 2.75) is 55.8 Å². The lowest BCUT2D eigenvalue weighted by molar-refractivity contribution is -0.124. The van der Waals surface area contributed by atoms with E-state index >= 15 is 0 Å². The first kappa shape index (κ1) is 24.5. The molecule has 0 bridgehead atoms. The minimum Gasteiger partial charge on any atom is -0.486 e. The van der Waals surface area contributed by atoms with E-state index in [2.05, 4.69) is 10.9 Å². The van der Waals surface area contributed by atoms with E-state index < -0.39 is 26.4 Å². The SMILES string of the molecule is Cc1ccc(S(=O)(=O)C2(C(=O)NNC(=O)c3ccc(COc4ccccc4)o3)CCCC2)cc1C. The average molecular weight is 497 g/mol. The predicted molar refractivity (Wildman–Crippen MR) is 129 cm³/mol. The summed E-state index contributed by atoms with van der Waals surface area (Å²) in [5.41, 5.74) is 6.42. The molecule has 2 amide bonds. The third-order valence-electron chi connectivity index (χ3n) is 6.43. The summed E-state index contributed by atoms with van der Waals surface area (Å²) in [4.78, 5) is 25.8. The van der Waals surface area contributed by atoms with Crippen molar-refractivity contribution in [1.82, 2.24) is 10.9 Å². The fraction of sp³-hybridized carbons (Fsp3) is 0.308. The Morgan fingerprint density at radius 1 is 0.943 bits per heavy atom. The van der Waals surface area contributed by atoms with Crippen LogP contribution in [0.15, 0.2) is 70.0 Å². The number of hydrazine groups is 1. The minimum absolute atomic E-state index is 0.0329. The molecule has 35 heavy (non-hydrogen) atoms. The van der Waals surface area contributed by atoms with Gasteiger partial charge in [0.15, 0.2) is 20.3 Å². The van der Waals surface area contributed by atoms with Crippen molar-refractivity contribution in [1.29, 1.82) is 0 Å². The van der Waals surface area contributed by atoms with Crippen molar-refractivity contribution in [2.24, 2.45) is 0 Å². The quantitative estimate of drug-likeness (QED) is 0.478. The molecular weight excluding hydrogens is 468 g/mol. The molecule has 3 aromatic rings. The maximum absolute atomic E-state index is 13.6. The van der Waals surface area contributed by atoms with E-state index in [9.17, 15) is 18.0 Å². The second-order valence-corrected chi connectivity index (χ2v) is 11.0. The molecule has 1 aromatic heterocycles. The second kappa shape index (κ2) is 9.95. The third-order valence-corrected chi connectivity index (χ3v) is 8.92. The molecule has 1 heterocycles. The normalized spacial score (nSPS) is 14.9. The van der Waals surface area contributed by atoms with E-state index in [-0.39, 0.29) is 30.1 Å². The van der Waals surface area contributed by atoms with Crippen LogP contribution < -0.4 is 15.6 Å². The topological polar surface area (TPSA) is 115 Å². The summed E-state index contributed by atoms with van der Waals surface area (Å²) in [6.45, 7) is 3.85. The Labute approximate surface area is 204 Å². The van der Waals surface area contributed by atoms with Crippen LogP contribution >= 0.6 is 0 Å². The number of hydrogen-bond donors (Lipinski definition) is 2. The molecule has 0 atom stereocenters. The first-order valence-electron chi connectivity index (χ1n) is 11.4. The number of benzene rings is 2. The smallest absolute Gasteiger partial charge is 0.305 e. The van der Waals surface area contributed by atoms with Gasteiger partial charge in [-0.2, -0.15) is 0 Å². The second-order valence-electron chi connectivity index (χ2n) is 8.73. The Bertz CT molecular complexity index is 1320. The highest BCUT2D eigenvalue weighted by Gasteiger charge is 2.53. The van der Waals surface area contributed by atoms with Crippen LogP contribution in [-0.4, -0.2) is 25.0 Å². The van der Waals surface area contributed by atoms with Gasteiger partial charge in [-0.15, -0.1) is 0 Å². The van der Waals surface area contributed by atoms with Gasteiger partial charge in [-0.05, 0) is 74.2 Å². The Kier molecular flexibility index (Phi) is 6.98. The number of furan rings is 1. The standard InChI is InChI=1S/C26H28N2O6S/c1-18-10-12-22(16-19(18)2)35(31,32)26(14-6-7-15-26)25(30)28-27-24(29)23-13-11-21(34-23)17-33-20-8-4-3-5-9-20/h3-5,8-13,16H,6-7,14-15,17H2,1-2H3,(H,27,29)(H,28,30). The number of sulfone groups is 1. The highest BCUT2D eigenvalue weighted by atomic mass is 32.2. The van der Waals surface area contributed by atoms with E-state index in [1.165, 1.54) is 12.1 Å². The summed E-state index contributed by atoms with van der Waals surface area (Å²) in [5, 5.41) is 0. The molecule has 1 fully saturated rings. The zero-order valence-corrected chi connectivity index (χ0v) is 20.5. The Balaban J connectivity index is 1.43. The molecule has 0 radical (unpaired) electrons. The zero-order chi connectivity index (χ0) is 25.1. The molecule has 0 spiro atoms. The van der Waals surface area contributed by atoms with Crippen LogP contribution in [0.3, 0.4) is 0 Å². The largest absolute Gasteiger partial charge is 0.486 e. The first-order valence-corrected chi connectivity index (χ1v) is 12.9. The number of hydrogen-bond acceptors (Lipinski definition) is 6. The number of nitrogens with one attached hydrogen (secondary N) is 2. The van der Waals surface area contributed by atoms with Crippen LogP contribution in [-0.2, 0) is 21.2 Å². The van der Waals surface area contributed by atoms with Crippen molar-refractivity contribution in [3.05, 3.63) is 83.3 Å². The van der Waals surface area contributed by atoms with Crippen molar-refractivity contribution in [2.75, 3.05) is 0 Å². The van der Waals surface area contributed by atoms with Crippen LogP contribution in [0, 0.1) is 13.8 Å². The zero-order valence-electron chi connectivity index (χ0n) is 19.7. The minimum atomic E-state index is -3.98. The van der Waals surface area contributed by atoms with Crippen molar-refractivity contribution < 1.29 is 27.2 Å². The molecule has 1 saturated carbocycles. The van der Waals surface area contributed by atoms with Gasteiger partial charge in [-0.1, -0.05) is 37.1 Å². The van der Waals surface area contributed by atoms with Crippen LogP contribution in [0.1, 0.15) is 53.1 Å². The number of carbonyl (C=O) groups is 2. The summed E-state index contributed by atoms with van der Waals surface area (Å²) in [7, 11) is -3.98. The molecule has 2 aromatic carbocycles. The lowest BCUT2D eigenvalue weighted by Crippen LogP contribution is -2.55. The van der Waals surface area contributed by atoms with Crippen LogP contribution in [0.4, 0.5) is 0 Å². The van der Waals surface area contributed by atoms with Crippen LogP contribution in [0.5, 0.6) is 5.75 Å². The molecule has 1 aliphatic carbocycles. The van der Waals surface area contributed by atoms with E-state index in [0.717, 1.165) is 11.1 Å². The molecule has 9 heteroatoms. The van der Waals surface area contributed by atoms with Gasteiger partial charge in [-0.3, -0.25) is 20.4 Å². The Hall–Kier alpha value is -3.59. The molecule has 8 nitrogen and oxygen atoms in total. The molecule has 2 N–H and O–H groups in total. The number of carbonyl (C=O) groups excluding carboxylic acids is 2.